The number of nitrogens with zero attached hydrogens (tertiary/aromatic N) is 2. The molecule has 0 bridgehead atoms. The quantitative estimate of drug-likeness (QED) is 0.584. The standard InChI is InChI=1S/C7H9ClN2O3S/c1-5(2)10-7(14(8,12)13)6(4-11)3-9-10/h3-5H,1-2H3. The van der Waals surface area contributed by atoms with Crippen LogP contribution in [0.3, 0.4) is 0 Å². The van der Waals surface area contributed by atoms with Crippen LogP contribution in [0.1, 0.15) is 30.2 Å². The Labute approximate surface area is 86.1 Å². The van der Waals surface area contributed by atoms with Gasteiger partial charge in [0, 0.05) is 16.7 Å². The van der Waals surface area contributed by atoms with Gasteiger partial charge in [0.1, 0.15) is 0 Å². The minimum absolute atomic E-state index is 0.0197. The number of aldehydes is 1. The lowest BCUT2D eigenvalue weighted by Gasteiger charge is -2.08. The molecule has 0 aliphatic rings. The van der Waals surface area contributed by atoms with Crippen LogP contribution in [0.25, 0.3) is 0 Å². The summed E-state index contributed by atoms with van der Waals surface area (Å²) in [7, 11) is 1.25. The number of hydrogen-bond acceptors (Lipinski definition) is 4. The van der Waals surface area contributed by atoms with Gasteiger partial charge in [0.2, 0.25) is 0 Å². The lowest BCUT2D eigenvalue weighted by molar-refractivity contribution is 0.112. The van der Waals surface area contributed by atoms with Crippen molar-refractivity contribution in [2.75, 3.05) is 0 Å². The van der Waals surface area contributed by atoms with E-state index in [-0.39, 0.29) is 16.6 Å². The van der Waals surface area contributed by atoms with E-state index in [1.807, 2.05) is 0 Å². The molecule has 78 valence electrons. The molecule has 0 fully saturated rings. The number of carbonyl (C=O) groups is 1. The Morgan fingerprint density at radius 2 is 2.14 bits per heavy atom. The van der Waals surface area contributed by atoms with Crippen LogP contribution >= 0.6 is 10.7 Å². The summed E-state index contributed by atoms with van der Waals surface area (Å²) in [5.74, 6) is 0. The molecule has 1 heterocycles. The monoisotopic (exact) mass is 236 g/mol. The SMILES string of the molecule is CC(C)n1ncc(C=O)c1S(=O)(=O)Cl. The molecule has 0 aliphatic heterocycles. The molecular formula is C7H9ClN2O3S. The highest BCUT2D eigenvalue weighted by atomic mass is 35.7. The molecule has 0 radical (unpaired) electrons. The number of hydrogen-bond donors (Lipinski definition) is 0. The minimum Gasteiger partial charge on any atom is -0.298 e. The topological polar surface area (TPSA) is 69.0 Å². The molecule has 0 saturated heterocycles. The first-order valence-electron chi connectivity index (χ1n) is 3.85. The Morgan fingerprint density at radius 1 is 1.57 bits per heavy atom. The van der Waals surface area contributed by atoms with Crippen molar-refractivity contribution in [2.45, 2.75) is 24.9 Å². The molecule has 5 nitrogen and oxygen atoms in total. The molecule has 0 saturated carbocycles. The van der Waals surface area contributed by atoms with Crippen LogP contribution in [0.15, 0.2) is 11.2 Å². The predicted octanol–water partition coefficient (Wildman–Crippen LogP) is 1.20. The Bertz CT molecular complexity index is 450. The van der Waals surface area contributed by atoms with Gasteiger partial charge in [-0.15, -0.1) is 0 Å². The first-order chi connectivity index (χ1) is 6.38. The molecule has 1 rings (SSSR count). The number of carbonyl (C=O) groups excluding carboxylic acids is 1. The van der Waals surface area contributed by atoms with E-state index in [1.165, 1.54) is 10.9 Å². The third-order valence-corrected chi connectivity index (χ3v) is 2.95. The third kappa shape index (κ3) is 1.96. The van der Waals surface area contributed by atoms with Gasteiger partial charge in [0.05, 0.1) is 11.8 Å². The second kappa shape index (κ2) is 3.70. The molecule has 1 aromatic heterocycles. The van der Waals surface area contributed by atoms with Gasteiger partial charge in [0.15, 0.2) is 11.3 Å². The van der Waals surface area contributed by atoms with Gasteiger partial charge in [-0.25, -0.2) is 13.1 Å². The van der Waals surface area contributed by atoms with Crippen LogP contribution in [0, 0.1) is 0 Å². The summed E-state index contributed by atoms with van der Waals surface area (Å²) in [5, 5.41) is 3.53. The number of halogens is 1. The van der Waals surface area contributed by atoms with Crippen molar-refractivity contribution in [3.05, 3.63) is 11.8 Å². The van der Waals surface area contributed by atoms with Crippen molar-refractivity contribution in [3.8, 4) is 0 Å². The summed E-state index contributed by atoms with van der Waals surface area (Å²) in [6.45, 7) is 3.49. The van der Waals surface area contributed by atoms with Crippen LogP contribution in [0.4, 0.5) is 0 Å². The average Bonchev–Trinajstić information content (AvgIpc) is 2.45. The highest BCUT2D eigenvalue weighted by Crippen LogP contribution is 2.21. The highest BCUT2D eigenvalue weighted by Gasteiger charge is 2.23. The molecule has 0 aliphatic carbocycles. The molecule has 7 heteroatoms. The first-order valence-corrected chi connectivity index (χ1v) is 6.16. The van der Waals surface area contributed by atoms with Crippen molar-refractivity contribution >= 4 is 26.0 Å². The summed E-state index contributed by atoms with van der Waals surface area (Å²) >= 11 is 0. The van der Waals surface area contributed by atoms with E-state index in [0.29, 0.717) is 6.29 Å². The number of rotatable bonds is 3. The predicted molar refractivity (Wildman–Crippen MR) is 51.0 cm³/mol. The molecule has 0 spiro atoms. The van der Waals surface area contributed by atoms with E-state index in [0.717, 1.165) is 0 Å². The lowest BCUT2D eigenvalue weighted by Crippen LogP contribution is -2.10. The fourth-order valence-corrected chi connectivity index (χ4v) is 2.41. The molecule has 0 amide bonds. The van der Waals surface area contributed by atoms with Gasteiger partial charge >= 0.3 is 0 Å². The van der Waals surface area contributed by atoms with Crippen molar-refractivity contribution in [1.82, 2.24) is 9.78 Å². The van der Waals surface area contributed by atoms with Crippen LogP contribution in [0.5, 0.6) is 0 Å². The molecule has 0 N–H and O–H groups in total. The second-order valence-corrected chi connectivity index (χ2v) is 5.48. The largest absolute Gasteiger partial charge is 0.298 e. The molecule has 14 heavy (non-hydrogen) atoms. The molecule has 0 aromatic carbocycles. The van der Waals surface area contributed by atoms with Crippen molar-refractivity contribution in [3.63, 3.8) is 0 Å². The van der Waals surface area contributed by atoms with Crippen LogP contribution < -0.4 is 0 Å². The second-order valence-electron chi connectivity index (χ2n) is 3.00. The van der Waals surface area contributed by atoms with Gasteiger partial charge in [-0.1, -0.05) is 0 Å². The van der Waals surface area contributed by atoms with E-state index in [1.54, 1.807) is 13.8 Å². The summed E-state index contributed by atoms with van der Waals surface area (Å²) in [4.78, 5) is 10.5. The average molecular weight is 237 g/mol. The van der Waals surface area contributed by atoms with Crippen LogP contribution in [-0.4, -0.2) is 24.5 Å². The fourth-order valence-electron chi connectivity index (χ4n) is 1.07. The van der Waals surface area contributed by atoms with Gasteiger partial charge in [0.25, 0.3) is 9.05 Å². The number of aromatic nitrogens is 2. The maximum absolute atomic E-state index is 11.1. The van der Waals surface area contributed by atoms with Crippen LogP contribution in [-0.2, 0) is 9.05 Å². The van der Waals surface area contributed by atoms with Gasteiger partial charge < -0.3 is 0 Å². The Balaban J connectivity index is 3.50. The zero-order valence-electron chi connectivity index (χ0n) is 7.64. The Hall–Kier alpha value is -0.880. The summed E-state index contributed by atoms with van der Waals surface area (Å²) in [6.07, 6.45) is 1.60. The van der Waals surface area contributed by atoms with Gasteiger partial charge in [-0.3, -0.25) is 4.79 Å². The lowest BCUT2D eigenvalue weighted by atomic mass is 10.4. The van der Waals surface area contributed by atoms with Crippen molar-refractivity contribution < 1.29 is 13.2 Å². The molecule has 0 unspecified atom stereocenters. The zero-order valence-corrected chi connectivity index (χ0v) is 9.21. The molecular weight excluding hydrogens is 228 g/mol. The van der Waals surface area contributed by atoms with Gasteiger partial charge in [-0.2, -0.15) is 5.10 Å². The normalized spacial score (nSPS) is 12.0. The summed E-state index contributed by atoms with van der Waals surface area (Å²) < 4.78 is 23.5. The van der Waals surface area contributed by atoms with E-state index < -0.39 is 9.05 Å². The molecule has 1 aromatic rings. The summed E-state index contributed by atoms with van der Waals surface area (Å²) in [5.41, 5.74) is -0.0197. The smallest absolute Gasteiger partial charge is 0.279 e. The van der Waals surface area contributed by atoms with E-state index in [4.69, 9.17) is 10.7 Å². The fraction of sp³-hybridized carbons (Fsp3) is 0.429. The Morgan fingerprint density at radius 3 is 2.50 bits per heavy atom. The maximum Gasteiger partial charge on any atom is 0.279 e. The first kappa shape index (κ1) is 11.2. The zero-order chi connectivity index (χ0) is 10.9. The highest BCUT2D eigenvalue weighted by molar-refractivity contribution is 8.13. The minimum atomic E-state index is -3.94. The maximum atomic E-state index is 11.1. The Kier molecular flexibility index (Phi) is 2.96. The summed E-state index contributed by atoms with van der Waals surface area (Å²) in [6, 6.07) is -0.174. The van der Waals surface area contributed by atoms with Crippen molar-refractivity contribution in [1.29, 1.82) is 0 Å². The van der Waals surface area contributed by atoms with Crippen molar-refractivity contribution in [2.24, 2.45) is 0 Å². The van der Waals surface area contributed by atoms with E-state index >= 15 is 0 Å². The van der Waals surface area contributed by atoms with E-state index in [2.05, 4.69) is 5.10 Å². The molecule has 0 atom stereocenters. The third-order valence-electron chi connectivity index (χ3n) is 1.62. The van der Waals surface area contributed by atoms with Crippen LogP contribution in [0.2, 0.25) is 0 Å². The van der Waals surface area contributed by atoms with Gasteiger partial charge in [-0.05, 0) is 13.8 Å². The van der Waals surface area contributed by atoms with E-state index in [9.17, 15) is 13.2 Å².